The standard InChI is InChI=1S/C11H12F3NO2/c1-3-17-9(16)4-8-10(11(13)14)6(2)7(12)5-15-8/h5,11H,3-4H2,1-2H3. The summed E-state index contributed by atoms with van der Waals surface area (Å²) in [7, 11) is 0. The van der Waals surface area contributed by atoms with E-state index in [0.29, 0.717) is 0 Å². The van der Waals surface area contributed by atoms with Gasteiger partial charge in [-0.3, -0.25) is 9.78 Å². The molecule has 0 aliphatic carbocycles. The van der Waals surface area contributed by atoms with E-state index in [-0.39, 0.29) is 24.3 Å². The number of carbonyl (C=O) groups is 1. The average Bonchev–Trinajstić information content (AvgIpc) is 2.23. The molecule has 6 heteroatoms. The van der Waals surface area contributed by atoms with Gasteiger partial charge in [0, 0.05) is 5.56 Å². The first kappa shape index (κ1) is 13.5. The maximum Gasteiger partial charge on any atom is 0.311 e. The van der Waals surface area contributed by atoms with E-state index in [1.807, 2.05) is 0 Å². The number of rotatable bonds is 4. The molecule has 0 aromatic carbocycles. The SMILES string of the molecule is CCOC(=O)Cc1ncc(F)c(C)c1C(F)F. The van der Waals surface area contributed by atoms with Crippen LogP contribution in [-0.4, -0.2) is 17.6 Å². The summed E-state index contributed by atoms with van der Waals surface area (Å²) < 4.78 is 43.2. The van der Waals surface area contributed by atoms with Gasteiger partial charge in [-0.25, -0.2) is 13.2 Å². The number of halogens is 3. The van der Waals surface area contributed by atoms with Crippen LogP contribution in [-0.2, 0) is 16.0 Å². The Hall–Kier alpha value is -1.59. The van der Waals surface area contributed by atoms with Crippen molar-refractivity contribution in [2.45, 2.75) is 26.7 Å². The summed E-state index contributed by atoms with van der Waals surface area (Å²) in [5, 5.41) is 0. The van der Waals surface area contributed by atoms with Gasteiger partial charge < -0.3 is 4.74 Å². The van der Waals surface area contributed by atoms with Gasteiger partial charge in [0.15, 0.2) is 0 Å². The van der Waals surface area contributed by atoms with Crippen LogP contribution in [0.25, 0.3) is 0 Å². The van der Waals surface area contributed by atoms with Crippen molar-refractivity contribution in [1.29, 1.82) is 0 Å². The number of hydrogen-bond acceptors (Lipinski definition) is 3. The summed E-state index contributed by atoms with van der Waals surface area (Å²) >= 11 is 0. The fourth-order valence-corrected chi connectivity index (χ4v) is 1.43. The molecule has 1 aromatic heterocycles. The number of alkyl halides is 2. The van der Waals surface area contributed by atoms with E-state index in [4.69, 9.17) is 0 Å². The second-order valence-corrected chi connectivity index (χ2v) is 3.37. The quantitative estimate of drug-likeness (QED) is 0.767. The first-order valence-corrected chi connectivity index (χ1v) is 5.05. The molecule has 0 aliphatic rings. The van der Waals surface area contributed by atoms with Crippen LogP contribution in [0.2, 0.25) is 0 Å². The summed E-state index contributed by atoms with van der Waals surface area (Å²) in [5.74, 6) is -1.47. The third kappa shape index (κ3) is 3.18. The van der Waals surface area contributed by atoms with Crippen molar-refractivity contribution in [3.05, 3.63) is 28.8 Å². The number of aromatic nitrogens is 1. The predicted molar refractivity (Wildman–Crippen MR) is 54.2 cm³/mol. The fourth-order valence-electron chi connectivity index (χ4n) is 1.43. The third-order valence-electron chi connectivity index (χ3n) is 2.24. The van der Waals surface area contributed by atoms with E-state index >= 15 is 0 Å². The monoisotopic (exact) mass is 247 g/mol. The zero-order chi connectivity index (χ0) is 13.0. The number of pyridine rings is 1. The molecule has 1 heterocycles. The van der Waals surface area contributed by atoms with Gasteiger partial charge in [0.2, 0.25) is 0 Å². The van der Waals surface area contributed by atoms with Crippen LogP contribution in [0.15, 0.2) is 6.20 Å². The molecule has 0 radical (unpaired) electrons. The van der Waals surface area contributed by atoms with Crippen LogP contribution in [0, 0.1) is 12.7 Å². The van der Waals surface area contributed by atoms with Gasteiger partial charge in [0.25, 0.3) is 6.43 Å². The molecule has 1 rings (SSSR count). The van der Waals surface area contributed by atoms with Gasteiger partial charge in [0.1, 0.15) is 5.82 Å². The van der Waals surface area contributed by atoms with Gasteiger partial charge in [0.05, 0.1) is 24.9 Å². The van der Waals surface area contributed by atoms with Crippen molar-refractivity contribution < 1.29 is 22.7 Å². The molecule has 0 fully saturated rings. The van der Waals surface area contributed by atoms with E-state index in [1.54, 1.807) is 6.92 Å². The molecule has 0 saturated heterocycles. The lowest BCUT2D eigenvalue weighted by Gasteiger charge is -2.11. The molecule has 0 atom stereocenters. The molecule has 0 aliphatic heterocycles. The maximum absolute atomic E-state index is 13.1. The van der Waals surface area contributed by atoms with Crippen LogP contribution in [0.5, 0.6) is 0 Å². The van der Waals surface area contributed by atoms with Crippen molar-refractivity contribution in [2.75, 3.05) is 6.61 Å². The van der Waals surface area contributed by atoms with Crippen molar-refractivity contribution in [3.63, 3.8) is 0 Å². The Balaban J connectivity index is 3.07. The number of ether oxygens (including phenoxy) is 1. The Labute approximate surface area is 96.6 Å². The number of nitrogens with zero attached hydrogens (tertiary/aromatic N) is 1. The zero-order valence-corrected chi connectivity index (χ0v) is 9.47. The smallest absolute Gasteiger partial charge is 0.311 e. The molecule has 1 aromatic rings. The van der Waals surface area contributed by atoms with Crippen LogP contribution in [0.1, 0.15) is 30.2 Å². The van der Waals surface area contributed by atoms with Crippen LogP contribution in [0.3, 0.4) is 0 Å². The minimum atomic E-state index is -2.87. The molecule has 0 saturated carbocycles. The topological polar surface area (TPSA) is 39.2 Å². The van der Waals surface area contributed by atoms with E-state index in [1.165, 1.54) is 6.92 Å². The molecule has 17 heavy (non-hydrogen) atoms. The van der Waals surface area contributed by atoms with E-state index < -0.39 is 23.8 Å². The highest BCUT2D eigenvalue weighted by atomic mass is 19.3. The third-order valence-corrected chi connectivity index (χ3v) is 2.24. The number of carbonyl (C=O) groups excluding carboxylic acids is 1. The highest BCUT2D eigenvalue weighted by Crippen LogP contribution is 2.27. The number of esters is 1. The Kier molecular flexibility index (Phi) is 4.48. The van der Waals surface area contributed by atoms with E-state index in [2.05, 4.69) is 9.72 Å². The molecular formula is C11H12F3NO2. The van der Waals surface area contributed by atoms with Crippen molar-refractivity contribution in [3.8, 4) is 0 Å². The lowest BCUT2D eigenvalue weighted by molar-refractivity contribution is -0.142. The van der Waals surface area contributed by atoms with Gasteiger partial charge in [-0.2, -0.15) is 0 Å². The predicted octanol–water partition coefficient (Wildman–Crippen LogP) is 2.57. The summed E-state index contributed by atoms with van der Waals surface area (Å²) in [4.78, 5) is 14.7. The summed E-state index contributed by atoms with van der Waals surface area (Å²) in [6.45, 7) is 2.99. The minimum absolute atomic E-state index is 0.141. The van der Waals surface area contributed by atoms with Gasteiger partial charge in [-0.05, 0) is 19.4 Å². The molecule has 0 bridgehead atoms. The Morgan fingerprint density at radius 2 is 2.18 bits per heavy atom. The fraction of sp³-hybridized carbons (Fsp3) is 0.455. The van der Waals surface area contributed by atoms with Gasteiger partial charge in [-0.15, -0.1) is 0 Å². The molecule has 0 spiro atoms. The summed E-state index contributed by atoms with van der Waals surface area (Å²) in [5.41, 5.74) is -0.857. The molecular weight excluding hydrogens is 235 g/mol. The summed E-state index contributed by atoms with van der Waals surface area (Å²) in [6.07, 6.45) is -2.42. The first-order chi connectivity index (χ1) is 7.97. The number of hydrogen-bond donors (Lipinski definition) is 0. The molecule has 0 unspecified atom stereocenters. The van der Waals surface area contributed by atoms with Crippen molar-refractivity contribution >= 4 is 5.97 Å². The van der Waals surface area contributed by atoms with Crippen molar-refractivity contribution in [1.82, 2.24) is 4.98 Å². The van der Waals surface area contributed by atoms with Crippen LogP contribution in [0.4, 0.5) is 13.2 Å². The Morgan fingerprint density at radius 1 is 1.53 bits per heavy atom. The summed E-state index contributed by atoms with van der Waals surface area (Å²) in [6, 6.07) is 0. The second-order valence-electron chi connectivity index (χ2n) is 3.37. The first-order valence-electron chi connectivity index (χ1n) is 5.05. The molecule has 0 amide bonds. The highest BCUT2D eigenvalue weighted by molar-refractivity contribution is 5.72. The average molecular weight is 247 g/mol. The maximum atomic E-state index is 13.1. The lowest BCUT2D eigenvalue weighted by atomic mass is 10.1. The second kappa shape index (κ2) is 5.65. The Morgan fingerprint density at radius 3 is 2.71 bits per heavy atom. The minimum Gasteiger partial charge on any atom is -0.466 e. The highest BCUT2D eigenvalue weighted by Gasteiger charge is 2.21. The molecule has 3 nitrogen and oxygen atoms in total. The normalized spacial score (nSPS) is 10.7. The van der Waals surface area contributed by atoms with Crippen LogP contribution < -0.4 is 0 Å². The van der Waals surface area contributed by atoms with E-state index in [9.17, 15) is 18.0 Å². The van der Waals surface area contributed by atoms with Crippen molar-refractivity contribution in [2.24, 2.45) is 0 Å². The van der Waals surface area contributed by atoms with Gasteiger partial charge in [-0.1, -0.05) is 0 Å². The van der Waals surface area contributed by atoms with Gasteiger partial charge >= 0.3 is 5.97 Å². The Bertz CT molecular complexity index is 421. The lowest BCUT2D eigenvalue weighted by Crippen LogP contribution is -2.12. The molecule has 94 valence electrons. The van der Waals surface area contributed by atoms with E-state index in [0.717, 1.165) is 6.20 Å². The molecule has 0 N–H and O–H groups in total. The van der Waals surface area contributed by atoms with Crippen LogP contribution >= 0.6 is 0 Å². The zero-order valence-electron chi connectivity index (χ0n) is 9.47. The largest absolute Gasteiger partial charge is 0.466 e.